The number of halogens is 1. The molecule has 0 aliphatic heterocycles. The van der Waals surface area contributed by atoms with Crippen LogP contribution in [0.25, 0.3) is 22.0 Å². The Bertz CT molecular complexity index is 1290. The molecule has 0 aliphatic rings. The number of allylic oxidation sites excluding steroid dienone is 1. The van der Waals surface area contributed by atoms with Crippen LogP contribution in [0, 0.1) is 0 Å². The van der Waals surface area contributed by atoms with E-state index in [1.54, 1.807) is 6.07 Å². The number of nitrogens with zero attached hydrogens (tertiary/aromatic N) is 1. The van der Waals surface area contributed by atoms with Crippen molar-refractivity contribution in [2.75, 3.05) is 0 Å². The highest BCUT2D eigenvalue weighted by Gasteiger charge is 2.19. The molecule has 1 heterocycles. The monoisotopic (exact) mass is 428 g/mol. The minimum absolute atomic E-state index is 0.475. The Morgan fingerprint density at radius 1 is 1.06 bits per heavy atom. The van der Waals surface area contributed by atoms with Crippen LogP contribution in [0.3, 0.4) is 0 Å². The van der Waals surface area contributed by atoms with Crippen molar-refractivity contribution in [1.29, 1.82) is 0 Å². The van der Waals surface area contributed by atoms with Gasteiger partial charge in [0.05, 0.1) is 5.52 Å². The average molecular weight is 429 g/mol. The second-order valence-corrected chi connectivity index (χ2v) is 7.34. The van der Waals surface area contributed by atoms with Crippen molar-refractivity contribution < 1.29 is 9.53 Å². The fourth-order valence-electron chi connectivity index (χ4n) is 3.70. The highest BCUT2D eigenvalue weighted by molar-refractivity contribution is 6.34. The highest BCUT2D eigenvalue weighted by Crippen LogP contribution is 2.39. The van der Waals surface area contributed by atoms with E-state index >= 15 is 0 Å². The lowest BCUT2D eigenvalue weighted by Gasteiger charge is -2.18. The number of para-hydroxylation sites is 1. The maximum Gasteiger partial charge on any atom is 0.335 e. The lowest BCUT2D eigenvalue weighted by Crippen LogP contribution is -2.06. The summed E-state index contributed by atoms with van der Waals surface area (Å²) in [6.07, 6.45) is 1.94. The molecule has 0 bridgehead atoms. The number of aromatic amines is 1. The minimum atomic E-state index is -0.502. The van der Waals surface area contributed by atoms with Crippen LogP contribution in [0.5, 0.6) is 5.75 Å². The first-order chi connectivity index (χ1) is 15.1. The van der Waals surface area contributed by atoms with Gasteiger partial charge in [-0.3, -0.25) is 5.10 Å². The van der Waals surface area contributed by atoms with E-state index in [-0.39, 0.29) is 0 Å². The largest absolute Gasteiger partial charge is 0.423 e. The molecule has 0 saturated carbocycles. The molecule has 3 aromatic carbocycles. The van der Waals surface area contributed by atoms with Crippen molar-refractivity contribution in [3.8, 4) is 5.75 Å². The number of aromatic nitrogens is 2. The molecule has 0 amide bonds. The zero-order chi connectivity index (χ0) is 21.8. The Hall–Kier alpha value is -3.63. The van der Waals surface area contributed by atoms with Gasteiger partial charge in [-0.25, -0.2) is 4.79 Å². The molecular formula is C26H21ClN2O2. The van der Waals surface area contributed by atoms with Crippen LogP contribution in [0.4, 0.5) is 0 Å². The molecule has 0 atom stereocenters. The van der Waals surface area contributed by atoms with Crippen LogP contribution in [-0.2, 0) is 4.79 Å². The predicted molar refractivity (Wildman–Crippen MR) is 126 cm³/mol. The summed E-state index contributed by atoms with van der Waals surface area (Å²) in [4.78, 5) is 12.0. The Morgan fingerprint density at radius 3 is 2.55 bits per heavy atom. The summed E-state index contributed by atoms with van der Waals surface area (Å²) in [6, 6.07) is 23.7. The molecule has 31 heavy (non-hydrogen) atoms. The molecule has 0 radical (unpaired) electrons. The minimum Gasteiger partial charge on any atom is -0.423 e. The number of benzene rings is 3. The topological polar surface area (TPSA) is 55.0 Å². The van der Waals surface area contributed by atoms with Gasteiger partial charge in [-0.15, -0.1) is 0 Å². The van der Waals surface area contributed by atoms with Crippen LogP contribution in [0.15, 0.2) is 85.5 Å². The molecule has 4 aromatic rings. The molecule has 1 aromatic heterocycles. The number of hydrogen-bond donors (Lipinski definition) is 1. The molecule has 0 spiro atoms. The van der Waals surface area contributed by atoms with E-state index in [9.17, 15) is 4.79 Å². The number of fused-ring (bicyclic) bond motifs is 1. The third kappa shape index (κ3) is 4.16. The molecule has 154 valence electrons. The van der Waals surface area contributed by atoms with Gasteiger partial charge in [-0.1, -0.05) is 79.7 Å². The highest BCUT2D eigenvalue weighted by atomic mass is 35.5. The van der Waals surface area contributed by atoms with Gasteiger partial charge in [-0.2, -0.15) is 5.10 Å². The number of carbonyl (C=O) groups is 1. The normalized spacial score (nSPS) is 11.8. The van der Waals surface area contributed by atoms with Crippen molar-refractivity contribution in [2.24, 2.45) is 0 Å². The molecule has 5 heteroatoms. The zero-order valence-corrected chi connectivity index (χ0v) is 17.8. The second kappa shape index (κ2) is 9.02. The quantitative estimate of drug-likeness (QED) is 0.161. The Balaban J connectivity index is 2.03. The van der Waals surface area contributed by atoms with Crippen LogP contribution >= 0.6 is 11.6 Å². The standard InChI is InChI=1S/C26H21ClN2O2/c1-3-19(17-10-6-5-7-11-17)25(18-14-15-22-21(16-18)26(27)29-28-22)20-12-8-9-13-23(20)31-24(30)4-2/h4-16H,2-3H2,1H3,(H,28,29)/b25-19+. The van der Waals surface area contributed by atoms with E-state index in [0.29, 0.717) is 10.9 Å². The summed E-state index contributed by atoms with van der Waals surface area (Å²) in [5.41, 5.74) is 5.76. The Labute approximate surface area is 185 Å². The van der Waals surface area contributed by atoms with Crippen LogP contribution in [-0.4, -0.2) is 16.2 Å². The van der Waals surface area contributed by atoms with Gasteiger partial charge in [0.1, 0.15) is 10.9 Å². The first kappa shape index (κ1) is 20.6. The molecule has 0 fully saturated rings. The smallest absolute Gasteiger partial charge is 0.335 e. The predicted octanol–water partition coefficient (Wildman–Crippen LogP) is 6.68. The van der Waals surface area contributed by atoms with E-state index in [2.05, 4.69) is 35.8 Å². The number of ether oxygens (including phenoxy) is 1. The molecular weight excluding hydrogens is 408 g/mol. The third-order valence-corrected chi connectivity index (χ3v) is 5.40. The van der Waals surface area contributed by atoms with Gasteiger partial charge in [-0.05, 0) is 46.9 Å². The first-order valence-corrected chi connectivity index (χ1v) is 10.4. The summed E-state index contributed by atoms with van der Waals surface area (Å²) in [5.74, 6) is -0.0273. The molecule has 0 unspecified atom stereocenters. The fourth-order valence-corrected chi connectivity index (χ4v) is 3.90. The van der Waals surface area contributed by atoms with E-state index in [4.69, 9.17) is 16.3 Å². The van der Waals surface area contributed by atoms with Gasteiger partial charge in [0.25, 0.3) is 0 Å². The van der Waals surface area contributed by atoms with E-state index in [1.165, 1.54) is 0 Å². The van der Waals surface area contributed by atoms with Gasteiger partial charge < -0.3 is 4.74 Å². The summed E-state index contributed by atoms with van der Waals surface area (Å²) >= 11 is 6.33. The number of H-pyrrole nitrogens is 1. The summed E-state index contributed by atoms with van der Waals surface area (Å²) < 4.78 is 5.59. The van der Waals surface area contributed by atoms with Crippen LogP contribution in [0.2, 0.25) is 5.15 Å². The Morgan fingerprint density at radius 2 is 1.81 bits per heavy atom. The van der Waals surface area contributed by atoms with E-state index in [1.807, 2.05) is 54.6 Å². The number of nitrogens with one attached hydrogen (secondary N) is 1. The molecule has 0 aliphatic carbocycles. The van der Waals surface area contributed by atoms with Crippen molar-refractivity contribution in [3.63, 3.8) is 0 Å². The molecule has 4 nitrogen and oxygen atoms in total. The van der Waals surface area contributed by atoms with E-state index in [0.717, 1.165) is 51.2 Å². The number of esters is 1. The van der Waals surface area contributed by atoms with Crippen molar-refractivity contribution >= 4 is 39.6 Å². The van der Waals surface area contributed by atoms with Gasteiger partial charge in [0.15, 0.2) is 0 Å². The van der Waals surface area contributed by atoms with Crippen molar-refractivity contribution in [2.45, 2.75) is 13.3 Å². The fraction of sp³-hybridized carbons (Fsp3) is 0.0769. The van der Waals surface area contributed by atoms with Gasteiger partial charge in [0, 0.05) is 17.0 Å². The third-order valence-electron chi connectivity index (χ3n) is 5.11. The maximum absolute atomic E-state index is 12.0. The lowest BCUT2D eigenvalue weighted by atomic mass is 9.87. The molecule has 1 N–H and O–H groups in total. The SMILES string of the molecule is C=CC(=O)Oc1ccccc1/C(=C(\CC)c1ccccc1)c1ccc2n[nH]c(Cl)c2c1. The zero-order valence-electron chi connectivity index (χ0n) is 17.1. The number of carbonyl (C=O) groups excluding carboxylic acids is 1. The summed E-state index contributed by atoms with van der Waals surface area (Å²) in [5, 5.41) is 8.37. The average Bonchev–Trinajstić information content (AvgIpc) is 3.18. The van der Waals surface area contributed by atoms with Gasteiger partial charge in [0.2, 0.25) is 0 Å². The second-order valence-electron chi connectivity index (χ2n) is 6.96. The number of rotatable bonds is 6. The van der Waals surface area contributed by atoms with Crippen molar-refractivity contribution in [1.82, 2.24) is 10.2 Å². The van der Waals surface area contributed by atoms with Crippen LogP contribution < -0.4 is 4.74 Å². The Kier molecular flexibility index (Phi) is 6.01. The van der Waals surface area contributed by atoms with E-state index < -0.39 is 5.97 Å². The first-order valence-electron chi connectivity index (χ1n) is 9.98. The number of hydrogen-bond acceptors (Lipinski definition) is 3. The molecule has 0 saturated heterocycles. The maximum atomic E-state index is 12.0. The summed E-state index contributed by atoms with van der Waals surface area (Å²) in [7, 11) is 0. The summed E-state index contributed by atoms with van der Waals surface area (Å²) in [6.45, 7) is 5.63. The van der Waals surface area contributed by atoms with Crippen LogP contribution in [0.1, 0.15) is 30.0 Å². The van der Waals surface area contributed by atoms with Crippen molar-refractivity contribution in [3.05, 3.63) is 107 Å². The lowest BCUT2D eigenvalue weighted by molar-refractivity contribution is -0.128. The van der Waals surface area contributed by atoms with Gasteiger partial charge >= 0.3 is 5.97 Å². The molecule has 4 rings (SSSR count).